The van der Waals surface area contributed by atoms with Gasteiger partial charge in [-0.3, -0.25) is 4.79 Å². The lowest BCUT2D eigenvalue weighted by molar-refractivity contribution is 0.0781. The van der Waals surface area contributed by atoms with Gasteiger partial charge in [-0.15, -0.1) is 0 Å². The molecule has 1 amide bonds. The zero-order valence-electron chi connectivity index (χ0n) is 11.1. The Kier molecular flexibility index (Phi) is 2.86. The van der Waals surface area contributed by atoms with Gasteiger partial charge in [-0.05, 0) is 48.9 Å². The van der Waals surface area contributed by atoms with Gasteiger partial charge >= 0.3 is 0 Å². The average molecular weight is 244 g/mol. The maximum atomic E-state index is 12.4. The van der Waals surface area contributed by atoms with Crippen LogP contribution in [-0.2, 0) is 0 Å². The summed E-state index contributed by atoms with van der Waals surface area (Å²) in [5.41, 5.74) is 3.28. The Morgan fingerprint density at radius 3 is 2.44 bits per heavy atom. The van der Waals surface area contributed by atoms with E-state index < -0.39 is 0 Å². The quantitative estimate of drug-likeness (QED) is 0.813. The minimum atomic E-state index is 0.201. The van der Waals surface area contributed by atoms with E-state index in [4.69, 9.17) is 0 Å². The van der Waals surface area contributed by atoms with Crippen molar-refractivity contribution in [3.05, 3.63) is 34.9 Å². The monoisotopic (exact) mass is 244 g/mol. The van der Waals surface area contributed by atoms with Gasteiger partial charge in [0.25, 0.3) is 5.91 Å². The van der Waals surface area contributed by atoms with Gasteiger partial charge in [0, 0.05) is 31.7 Å². The molecule has 96 valence electrons. The van der Waals surface area contributed by atoms with Gasteiger partial charge < -0.3 is 10.2 Å². The number of likely N-dealkylation sites (tertiary alicyclic amines) is 1. The Morgan fingerprint density at radius 1 is 1.17 bits per heavy atom. The third kappa shape index (κ3) is 1.93. The number of benzene rings is 1. The van der Waals surface area contributed by atoms with Crippen molar-refractivity contribution in [3.8, 4) is 0 Å². The number of rotatable bonds is 1. The van der Waals surface area contributed by atoms with E-state index in [-0.39, 0.29) is 5.91 Å². The summed E-state index contributed by atoms with van der Waals surface area (Å²) in [6.07, 6.45) is 0. The highest BCUT2D eigenvalue weighted by Crippen LogP contribution is 2.27. The molecule has 0 saturated carbocycles. The third-order valence-electron chi connectivity index (χ3n) is 4.43. The second-order valence-electron chi connectivity index (χ2n) is 5.69. The summed E-state index contributed by atoms with van der Waals surface area (Å²) < 4.78 is 0. The lowest BCUT2D eigenvalue weighted by atomic mass is 10.0. The van der Waals surface area contributed by atoms with Crippen molar-refractivity contribution in [2.45, 2.75) is 13.8 Å². The molecular formula is C15H20N2O. The Bertz CT molecular complexity index is 471. The van der Waals surface area contributed by atoms with Crippen molar-refractivity contribution in [1.29, 1.82) is 0 Å². The molecule has 2 heterocycles. The summed E-state index contributed by atoms with van der Waals surface area (Å²) in [4.78, 5) is 14.5. The number of fused-ring (bicyclic) bond motifs is 1. The Labute approximate surface area is 108 Å². The number of aryl methyl sites for hydroxylation is 2. The SMILES string of the molecule is Cc1ccc(C(=O)N2CC3CNCC3C2)cc1C. The molecule has 0 aromatic heterocycles. The Balaban J connectivity index is 1.77. The summed E-state index contributed by atoms with van der Waals surface area (Å²) in [6.45, 7) is 8.12. The lowest BCUT2D eigenvalue weighted by Crippen LogP contribution is -2.31. The fourth-order valence-corrected chi connectivity index (χ4v) is 3.08. The van der Waals surface area contributed by atoms with E-state index in [1.165, 1.54) is 11.1 Å². The van der Waals surface area contributed by atoms with Crippen LogP contribution in [0.2, 0.25) is 0 Å². The van der Waals surface area contributed by atoms with Gasteiger partial charge in [-0.2, -0.15) is 0 Å². The highest BCUT2D eigenvalue weighted by Gasteiger charge is 2.38. The number of hydrogen-bond acceptors (Lipinski definition) is 2. The molecule has 2 saturated heterocycles. The molecule has 0 spiro atoms. The fraction of sp³-hybridized carbons (Fsp3) is 0.533. The molecule has 0 aliphatic carbocycles. The highest BCUT2D eigenvalue weighted by atomic mass is 16.2. The van der Waals surface area contributed by atoms with E-state index in [9.17, 15) is 4.79 Å². The van der Waals surface area contributed by atoms with Crippen molar-refractivity contribution >= 4 is 5.91 Å². The zero-order chi connectivity index (χ0) is 12.7. The maximum Gasteiger partial charge on any atom is 0.253 e. The van der Waals surface area contributed by atoms with Crippen molar-refractivity contribution < 1.29 is 4.79 Å². The number of carbonyl (C=O) groups is 1. The first-order valence-corrected chi connectivity index (χ1v) is 6.72. The maximum absolute atomic E-state index is 12.4. The molecule has 0 bridgehead atoms. The van der Waals surface area contributed by atoms with E-state index in [1.54, 1.807) is 0 Å². The summed E-state index contributed by atoms with van der Waals surface area (Å²) in [5.74, 6) is 1.54. The molecule has 1 N–H and O–H groups in total. The molecule has 1 aromatic rings. The van der Waals surface area contributed by atoms with Crippen LogP contribution < -0.4 is 5.32 Å². The molecule has 3 nitrogen and oxygen atoms in total. The van der Waals surface area contributed by atoms with Crippen LogP contribution in [-0.4, -0.2) is 37.0 Å². The van der Waals surface area contributed by atoms with Crippen LogP contribution in [0.5, 0.6) is 0 Å². The predicted molar refractivity (Wildman–Crippen MR) is 71.7 cm³/mol. The summed E-state index contributed by atoms with van der Waals surface area (Å²) in [7, 11) is 0. The standard InChI is InChI=1S/C15H20N2O/c1-10-3-4-12(5-11(10)2)15(18)17-8-13-6-16-7-14(13)9-17/h3-5,13-14,16H,6-9H2,1-2H3. The summed E-state index contributed by atoms with van der Waals surface area (Å²) in [6, 6.07) is 6.02. The van der Waals surface area contributed by atoms with Crippen molar-refractivity contribution in [1.82, 2.24) is 10.2 Å². The van der Waals surface area contributed by atoms with E-state index >= 15 is 0 Å². The Morgan fingerprint density at radius 2 is 1.83 bits per heavy atom. The van der Waals surface area contributed by atoms with E-state index in [1.807, 2.05) is 23.1 Å². The zero-order valence-corrected chi connectivity index (χ0v) is 11.1. The number of carbonyl (C=O) groups excluding carboxylic acids is 1. The number of amides is 1. The second-order valence-corrected chi connectivity index (χ2v) is 5.69. The van der Waals surface area contributed by atoms with Crippen LogP contribution >= 0.6 is 0 Å². The first-order chi connectivity index (χ1) is 8.65. The largest absolute Gasteiger partial charge is 0.338 e. The van der Waals surface area contributed by atoms with Gasteiger partial charge in [-0.25, -0.2) is 0 Å². The first-order valence-electron chi connectivity index (χ1n) is 6.72. The van der Waals surface area contributed by atoms with Crippen LogP contribution in [0.4, 0.5) is 0 Å². The number of nitrogens with one attached hydrogen (secondary N) is 1. The van der Waals surface area contributed by atoms with Crippen molar-refractivity contribution in [2.75, 3.05) is 26.2 Å². The third-order valence-corrected chi connectivity index (χ3v) is 4.43. The topological polar surface area (TPSA) is 32.3 Å². The van der Waals surface area contributed by atoms with E-state index in [0.29, 0.717) is 11.8 Å². The molecule has 1 aromatic carbocycles. The van der Waals surface area contributed by atoms with Crippen LogP contribution in [0.25, 0.3) is 0 Å². The van der Waals surface area contributed by atoms with Gasteiger partial charge in [0.05, 0.1) is 0 Å². The number of hydrogen-bond donors (Lipinski definition) is 1. The molecule has 2 atom stereocenters. The van der Waals surface area contributed by atoms with E-state index in [0.717, 1.165) is 31.7 Å². The van der Waals surface area contributed by atoms with Crippen LogP contribution in [0, 0.1) is 25.7 Å². The van der Waals surface area contributed by atoms with Crippen LogP contribution in [0.3, 0.4) is 0 Å². The van der Waals surface area contributed by atoms with E-state index in [2.05, 4.69) is 19.2 Å². The smallest absolute Gasteiger partial charge is 0.253 e. The van der Waals surface area contributed by atoms with Gasteiger partial charge in [0.15, 0.2) is 0 Å². The molecule has 3 rings (SSSR count). The highest BCUT2D eigenvalue weighted by molar-refractivity contribution is 5.94. The Hall–Kier alpha value is -1.35. The second kappa shape index (κ2) is 4.39. The van der Waals surface area contributed by atoms with Crippen molar-refractivity contribution in [2.24, 2.45) is 11.8 Å². The van der Waals surface area contributed by atoms with Crippen LogP contribution in [0.1, 0.15) is 21.5 Å². The summed E-state index contributed by atoms with van der Waals surface area (Å²) in [5, 5.41) is 3.40. The lowest BCUT2D eigenvalue weighted by Gasteiger charge is -2.18. The van der Waals surface area contributed by atoms with Crippen molar-refractivity contribution in [3.63, 3.8) is 0 Å². The minimum Gasteiger partial charge on any atom is -0.338 e. The molecule has 2 fully saturated rings. The normalized spacial score (nSPS) is 26.4. The minimum absolute atomic E-state index is 0.201. The molecule has 3 heteroatoms. The summed E-state index contributed by atoms with van der Waals surface area (Å²) >= 11 is 0. The van der Waals surface area contributed by atoms with Gasteiger partial charge in [0.1, 0.15) is 0 Å². The van der Waals surface area contributed by atoms with Gasteiger partial charge in [-0.1, -0.05) is 6.07 Å². The predicted octanol–water partition coefficient (Wildman–Crippen LogP) is 1.59. The van der Waals surface area contributed by atoms with Crippen LogP contribution in [0.15, 0.2) is 18.2 Å². The molecule has 2 aliphatic heterocycles. The molecular weight excluding hydrogens is 224 g/mol. The molecule has 2 unspecified atom stereocenters. The molecule has 2 aliphatic rings. The molecule has 0 radical (unpaired) electrons. The average Bonchev–Trinajstić information content (AvgIpc) is 2.92. The van der Waals surface area contributed by atoms with Gasteiger partial charge in [0.2, 0.25) is 0 Å². The fourth-order valence-electron chi connectivity index (χ4n) is 3.08. The molecule has 18 heavy (non-hydrogen) atoms. The first kappa shape index (κ1) is 11.7. The number of nitrogens with zero attached hydrogens (tertiary/aromatic N) is 1.